The van der Waals surface area contributed by atoms with Gasteiger partial charge in [0.15, 0.2) is 11.7 Å². The maximum atomic E-state index is 12.1. The van der Waals surface area contributed by atoms with Crippen molar-refractivity contribution in [2.24, 2.45) is 0 Å². The molecule has 0 saturated heterocycles. The number of nitrogens with zero attached hydrogens (tertiary/aromatic N) is 2. The van der Waals surface area contributed by atoms with Crippen molar-refractivity contribution in [3.63, 3.8) is 0 Å². The highest BCUT2D eigenvalue weighted by atomic mass is 16.6. The van der Waals surface area contributed by atoms with Gasteiger partial charge in [0, 0.05) is 13.7 Å². The summed E-state index contributed by atoms with van der Waals surface area (Å²) >= 11 is 0. The van der Waals surface area contributed by atoms with E-state index in [2.05, 4.69) is 4.98 Å². The molecule has 7 heteroatoms. The average Bonchev–Trinajstić information content (AvgIpc) is 3.17. The van der Waals surface area contributed by atoms with Gasteiger partial charge in [0.25, 0.3) is 6.01 Å². The van der Waals surface area contributed by atoms with Crippen LogP contribution in [-0.4, -0.2) is 44.4 Å². The van der Waals surface area contributed by atoms with Crippen molar-refractivity contribution < 1.29 is 23.4 Å². The first-order chi connectivity index (χ1) is 14.1. The summed E-state index contributed by atoms with van der Waals surface area (Å²) in [5.41, 5.74) is 2.33. The van der Waals surface area contributed by atoms with Gasteiger partial charge in [-0.25, -0.2) is 4.79 Å². The third-order valence-electron chi connectivity index (χ3n) is 4.32. The summed E-state index contributed by atoms with van der Waals surface area (Å²) in [6, 6.07) is 15.5. The summed E-state index contributed by atoms with van der Waals surface area (Å²) in [4.78, 5) is 18.4. The van der Waals surface area contributed by atoms with E-state index in [1.165, 1.54) is 0 Å². The van der Waals surface area contributed by atoms with E-state index >= 15 is 0 Å². The number of hydrogen-bond acceptors (Lipinski definition) is 7. The van der Waals surface area contributed by atoms with Crippen LogP contribution in [0.2, 0.25) is 0 Å². The highest BCUT2D eigenvalue weighted by Gasteiger charge is 2.22. The predicted molar refractivity (Wildman–Crippen MR) is 110 cm³/mol. The number of fused-ring (bicyclic) bond motifs is 1. The minimum Gasteiger partial charge on any atom is -0.492 e. The molecule has 2 aromatic carbocycles. The van der Waals surface area contributed by atoms with Crippen molar-refractivity contribution in [2.75, 3.05) is 38.3 Å². The van der Waals surface area contributed by atoms with Crippen molar-refractivity contribution in [2.45, 2.75) is 20.0 Å². The standard InChI is InChI=1S/C22H26N2O5/c1-4-26-20(21(25)27-5-2)16-10-12-17(13-11-16)28-15-14-24(3)22-23-18-8-6-7-9-19(18)29-22/h6-13,20H,4-5,14-15H2,1-3H3. The number of hydrogen-bond donors (Lipinski definition) is 0. The zero-order chi connectivity index (χ0) is 20.6. The monoisotopic (exact) mass is 398 g/mol. The molecular weight excluding hydrogens is 372 g/mol. The molecule has 29 heavy (non-hydrogen) atoms. The molecule has 3 aromatic rings. The zero-order valence-electron chi connectivity index (χ0n) is 17.0. The van der Waals surface area contributed by atoms with Crippen molar-refractivity contribution in [3.8, 4) is 5.75 Å². The smallest absolute Gasteiger partial charge is 0.339 e. The van der Waals surface area contributed by atoms with Crippen LogP contribution in [0.5, 0.6) is 5.75 Å². The molecule has 7 nitrogen and oxygen atoms in total. The van der Waals surface area contributed by atoms with E-state index in [0.717, 1.165) is 16.7 Å². The van der Waals surface area contributed by atoms with Crippen LogP contribution in [0.3, 0.4) is 0 Å². The number of para-hydroxylation sites is 2. The number of esters is 1. The normalized spacial score (nSPS) is 12.0. The topological polar surface area (TPSA) is 74.0 Å². The van der Waals surface area contributed by atoms with E-state index in [4.69, 9.17) is 18.6 Å². The van der Waals surface area contributed by atoms with Crippen LogP contribution >= 0.6 is 0 Å². The lowest BCUT2D eigenvalue weighted by Gasteiger charge is -2.17. The van der Waals surface area contributed by atoms with Gasteiger partial charge in [0.1, 0.15) is 17.9 Å². The Morgan fingerprint density at radius 3 is 2.55 bits per heavy atom. The maximum absolute atomic E-state index is 12.1. The number of benzene rings is 2. The molecule has 1 aromatic heterocycles. The second kappa shape index (κ2) is 9.93. The van der Waals surface area contributed by atoms with Gasteiger partial charge < -0.3 is 23.5 Å². The second-order valence-electron chi connectivity index (χ2n) is 6.39. The van der Waals surface area contributed by atoms with Crippen LogP contribution in [0.1, 0.15) is 25.5 Å². The van der Waals surface area contributed by atoms with Gasteiger partial charge in [-0.3, -0.25) is 0 Å². The molecule has 1 atom stereocenters. The molecule has 1 heterocycles. The van der Waals surface area contributed by atoms with Gasteiger partial charge in [-0.15, -0.1) is 0 Å². The molecule has 0 aliphatic heterocycles. The minimum absolute atomic E-state index is 0.317. The van der Waals surface area contributed by atoms with E-state index in [1.807, 2.05) is 67.4 Å². The van der Waals surface area contributed by atoms with Crippen LogP contribution in [0.4, 0.5) is 6.01 Å². The fourth-order valence-corrected chi connectivity index (χ4v) is 2.84. The van der Waals surface area contributed by atoms with Crippen molar-refractivity contribution in [3.05, 3.63) is 54.1 Å². The fraction of sp³-hybridized carbons (Fsp3) is 0.364. The van der Waals surface area contributed by atoms with Crippen LogP contribution in [0.25, 0.3) is 11.1 Å². The first kappa shape index (κ1) is 20.7. The molecule has 0 saturated carbocycles. The average molecular weight is 398 g/mol. The largest absolute Gasteiger partial charge is 0.492 e. The Balaban J connectivity index is 1.54. The zero-order valence-corrected chi connectivity index (χ0v) is 17.0. The lowest BCUT2D eigenvalue weighted by atomic mass is 10.1. The summed E-state index contributed by atoms with van der Waals surface area (Å²) in [5, 5.41) is 0. The minimum atomic E-state index is -0.723. The SMILES string of the molecule is CCOC(=O)C(OCC)c1ccc(OCCN(C)c2nc3ccccc3o2)cc1. The van der Waals surface area contributed by atoms with Crippen LogP contribution < -0.4 is 9.64 Å². The van der Waals surface area contributed by atoms with Gasteiger partial charge in [-0.05, 0) is 43.7 Å². The molecular formula is C22H26N2O5. The van der Waals surface area contributed by atoms with Gasteiger partial charge >= 0.3 is 5.97 Å². The Morgan fingerprint density at radius 2 is 1.86 bits per heavy atom. The maximum Gasteiger partial charge on any atom is 0.339 e. The molecule has 0 N–H and O–H groups in total. The number of rotatable bonds is 10. The predicted octanol–water partition coefficient (Wildman–Crippen LogP) is 3.98. The molecule has 0 fully saturated rings. The van der Waals surface area contributed by atoms with Crippen LogP contribution in [0.15, 0.2) is 52.9 Å². The third-order valence-corrected chi connectivity index (χ3v) is 4.32. The highest BCUT2D eigenvalue weighted by Crippen LogP contribution is 2.23. The number of anilines is 1. The number of oxazole rings is 1. The Morgan fingerprint density at radius 1 is 1.10 bits per heavy atom. The van der Waals surface area contributed by atoms with Gasteiger partial charge in [-0.2, -0.15) is 4.98 Å². The summed E-state index contributed by atoms with van der Waals surface area (Å²) < 4.78 is 22.2. The lowest BCUT2D eigenvalue weighted by molar-refractivity contribution is -0.157. The number of likely N-dealkylation sites (N-methyl/N-ethyl adjacent to an activating group) is 1. The van der Waals surface area contributed by atoms with Crippen molar-refractivity contribution in [1.29, 1.82) is 0 Å². The molecule has 0 aliphatic carbocycles. The van der Waals surface area contributed by atoms with E-state index in [1.54, 1.807) is 6.92 Å². The van der Waals surface area contributed by atoms with Crippen molar-refractivity contribution in [1.82, 2.24) is 4.98 Å². The number of aromatic nitrogens is 1. The highest BCUT2D eigenvalue weighted by molar-refractivity contribution is 5.76. The molecule has 0 amide bonds. The summed E-state index contributed by atoms with van der Waals surface area (Å²) in [6.07, 6.45) is -0.723. The van der Waals surface area contributed by atoms with E-state index in [-0.39, 0.29) is 5.97 Å². The van der Waals surface area contributed by atoms with Gasteiger partial charge in [0.2, 0.25) is 0 Å². The molecule has 0 aliphatic rings. The Kier molecular flexibility index (Phi) is 7.08. The molecule has 0 spiro atoms. The fourth-order valence-electron chi connectivity index (χ4n) is 2.84. The number of carbonyl (C=O) groups excluding carboxylic acids is 1. The quantitative estimate of drug-likeness (QED) is 0.478. The van der Waals surface area contributed by atoms with E-state index in [9.17, 15) is 4.79 Å². The lowest BCUT2D eigenvalue weighted by Crippen LogP contribution is -2.24. The second-order valence-corrected chi connectivity index (χ2v) is 6.39. The first-order valence-electron chi connectivity index (χ1n) is 9.70. The Bertz CT molecular complexity index is 889. The molecule has 0 bridgehead atoms. The third kappa shape index (κ3) is 5.26. The Labute approximate surface area is 170 Å². The van der Waals surface area contributed by atoms with Gasteiger partial charge in [0.05, 0.1) is 13.2 Å². The number of carbonyl (C=O) groups is 1. The van der Waals surface area contributed by atoms with Crippen molar-refractivity contribution >= 4 is 23.1 Å². The summed E-state index contributed by atoms with van der Waals surface area (Å²) in [5.74, 6) is 0.321. The van der Waals surface area contributed by atoms with Crippen LogP contribution in [0, 0.1) is 0 Å². The molecule has 154 valence electrons. The summed E-state index contributed by atoms with van der Waals surface area (Å²) in [7, 11) is 1.91. The Hall–Kier alpha value is -3.06. The van der Waals surface area contributed by atoms with E-state index in [0.29, 0.717) is 38.1 Å². The van der Waals surface area contributed by atoms with Gasteiger partial charge in [-0.1, -0.05) is 24.3 Å². The number of ether oxygens (including phenoxy) is 3. The molecule has 3 rings (SSSR count). The van der Waals surface area contributed by atoms with E-state index < -0.39 is 6.10 Å². The first-order valence-corrected chi connectivity index (χ1v) is 9.70. The van der Waals surface area contributed by atoms with Crippen LogP contribution in [-0.2, 0) is 14.3 Å². The summed E-state index contributed by atoms with van der Waals surface area (Å²) in [6.45, 7) is 5.42. The molecule has 0 radical (unpaired) electrons. The molecule has 1 unspecified atom stereocenters.